The average Bonchev–Trinajstić information content (AvgIpc) is 1.86. The van der Waals surface area contributed by atoms with Crippen LogP contribution >= 0.6 is 11.8 Å². The molecular weight excluding hydrogens is 94.1 g/mol. The Kier molecular flexibility index (Phi) is 1.05. The molecule has 0 amide bonds. The van der Waals surface area contributed by atoms with E-state index in [1.165, 1.54) is 5.75 Å². The highest BCUT2D eigenvalue weighted by atomic mass is 32.2. The summed E-state index contributed by atoms with van der Waals surface area (Å²) >= 11 is 1.74. The number of allylic oxidation sites excluding steroid dienone is 1. The van der Waals surface area contributed by atoms with Gasteiger partial charge in [0.1, 0.15) is 0 Å². The molecule has 0 aromatic heterocycles. The molecule has 0 radical (unpaired) electrons. The van der Waals surface area contributed by atoms with Crippen molar-refractivity contribution in [3.63, 3.8) is 0 Å². The quantitative estimate of drug-likeness (QED) is 0.491. The van der Waals surface area contributed by atoms with Gasteiger partial charge < -0.3 is 5.73 Å². The lowest BCUT2D eigenvalue weighted by Gasteiger charge is -1.81. The van der Waals surface area contributed by atoms with Crippen molar-refractivity contribution in [3.8, 4) is 0 Å². The van der Waals surface area contributed by atoms with E-state index in [-0.39, 0.29) is 0 Å². The van der Waals surface area contributed by atoms with E-state index in [1.54, 1.807) is 11.8 Å². The highest BCUT2D eigenvalue weighted by Crippen LogP contribution is 2.18. The molecule has 0 aromatic rings. The summed E-state index contributed by atoms with van der Waals surface area (Å²) in [5.41, 5.74) is 5.36. The first-order valence-electron chi connectivity index (χ1n) is 1.98. The number of hydrogen-bond donors (Lipinski definition) is 1. The maximum Gasteiger partial charge on any atom is 0.0614 e. The maximum atomic E-state index is 5.36. The van der Waals surface area contributed by atoms with E-state index in [4.69, 9.17) is 5.73 Å². The fourth-order valence-electron chi connectivity index (χ4n) is 0.437. The highest BCUT2D eigenvalue weighted by molar-refractivity contribution is 8.03. The minimum atomic E-state index is 0.995. The molecule has 34 valence electrons. The standard InChI is InChI=1S/C4H7NS/c5-4-2-1-3-6-4/h2H,1,3,5H2. The minimum Gasteiger partial charge on any atom is -0.394 e. The molecule has 0 saturated carbocycles. The maximum absolute atomic E-state index is 5.36. The smallest absolute Gasteiger partial charge is 0.0614 e. The lowest BCUT2D eigenvalue weighted by atomic mass is 10.5. The molecule has 1 aliphatic rings. The van der Waals surface area contributed by atoms with E-state index in [0.717, 1.165) is 11.4 Å². The first-order valence-corrected chi connectivity index (χ1v) is 2.96. The lowest BCUT2D eigenvalue weighted by molar-refractivity contribution is 1.26. The van der Waals surface area contributed by atoms with Crippen molar-refractivity contribution in [3.05, 3.63) is 11.1 Å². The molecule has 0 atom stereocenters. The van der Waals surface area contributed by atoms with E-state index in [1.807, 2.05) is 0 Å². The second-order valence-corrected chi connectivity index (χ2v) is 2.41. The van der Waals surface area contributed by atoms with Crippen LogP contribution in [0.15, 0.2) is 11.1 Å². The van der Waals surface area contributed by atoms with Crippen molar-refractivity contribution in [1.82, 2.24) is 0 Å². The van der Waals surface area contributed by atoms with E-state index >= 15 is 0 Å². The third-order valence-corrected chi connectivity index (χ3v) is 1.67. The molecule has 1 rings (SSSR count). The molecule has 0 unspecified atom stereocenters. The molecule has 0 bridgehead atoms. The van der Waals surface area contributed by atoms with Crippen molar-refractivity contribution >= 4 is 11.8 Å². The Morgan fingerprint density at radius 3 is 2.83 bits per heavy atom. The van der Waals surface area contributed by atoms with Gasteiger partial charge in [-0.2, -0.15) is 0 Å². The summed E-state index contributed by atoms with van der Waals surface area (Å²) in [5.74, 6) is 1.19. The molecule has 1 nitrogen and oxygen atoms in total. The summed E-state index contributed by atoms with van der Waals surface area (Å²) in [5, 5.41) is 0.995. The van der Waals surface area contributed by atoms with Gasteiger partial charge in [0.2, 0.25) is 0 Å². The van der Waals surface area contributed by atoms with Gasteiger partial charge >= 0.3 is 0 Å². The van der Waals surface area contributed by atoms with E-state index < -0.39 is 0 Å². The fourth-order valence-corrected chi connectivity index (χ4v) is 1.14. The Hall–Kier alpha value is -0.110. The second kappa shape index (κ2) is 1.56. The molecule has 2 heteroatoms. The van der Waals surface area contributed by atoms with Crippen molar-refractivity contribution in [1.29, 1.82) is 0 Å². The molecule has 0 aliphatic carbocycles. The summed E-state index contributed by atoms with van der Waals surface area (Å²) < 4.78 is 0. The van der Waals surface area contributed by atoms with Gasteiger partial charge in [0.05, 0.1) is 5.03 Å². The number of rotatable bonds is 0. The van der Waals surface area contributed by atoms with Gasteiger partial charge in [-0.3, -0.25) is 0 Å². The van der Waals surface area contributed by atoms with Crippen LogP contribution in [0.4, 0.5) is 0 Å². The van der Waals surface area contributed by atoms with Crippen molar-refractivity contribution in [2.24, 2.45) is 5.73 Å². The molecule has 0 spiro atoms. The van der Waals surface area contributed by atoms with Gasteiger partial charge in [-0.15, -0.1) is 11.8 Å². The molecule has 0 saturated heterocycles. The first kappa shape index (κ1) is 4.06. The van der Waals surface area contributed by atoms with Crippen molar-refractivity contribution < 1.29 is 0 Å². The van der Waals surface area contributed by atoms with Gasteiger partial charge in [0.25, 0.3) is 0 Å². The van der Waals surface area contributed by atoms with E-state index in [0.29, 0.717) is 0 Å². The second-order valence-electron chi connectivity index (χ2n) is 1.24. The molecule has 1 aliphatic heterocycles. The van der Waals surface area contributed by atoms with Crippen LogP contribution in [0.3, 0.4) is 0 Å². The summed E-state index contributed by atoms with van der Waals surface area (Å²) in [6.45, 7) is 0. The van der Waals surface area contributed by atoms with Crippen LogP contribution in [-0.2, 0) is 0 Å². The molecule has 1 heterocycles. The Morgan fingerprint density at radius 2 is 2.67 bits per heavy atom. The summed E-state index contributed by atoms with van der Waals surface area (Å²) in [7, 11) is 0. The Bertz CT molecular complexity index is 77.6. The van der Waals surface area contributed by atoms with Crippen LogP contribution in [0.1, 0.15) is 6.42 Å². The van der Waals surface area contributed by atoms with Crippen LogP contribution in [0.25, 0.3) is 0 Å². The summed E-state index contributed by atoms with van der Waals surface area (Å²) in [6.07, 6.45) is 3.22. The zero-order valence-electron chi connectivity index (χ0n) is 3.48. The summed E-state index contributed by atoms with van der Waals surface area (Å²) in [6, 6.07) is 0. The third-order valence-electron chi connectivity index (χ3n) is 0.732. The van der Waals surface area contributed by atoms with E-state index in [9.17, 15) is 0 Å². The number of nitrogens with two attached hydrogens (primary N) is 1. The molecule has 0 fully saturated rings. The molecular formula is C4H7NS. The topological polar surface area (TPSA) is 26.0 Å². The summed E-state index contributed by atoms with van der Waals surface area (Å²) in [4.78, 5) is 0. The zero-order chi connectivity index (χ0) is 4.41. The van der Waals surface area contributed by atoms with Crippen LogP contribution in [-0.4, -0.2) is 5.75 Å². The molecule has 2 N–H and O–H groups in total. The van der Waals surface area contributed by atoms with Crippen LogP contribution in [0.5, 0.6) is 0 Å². The largest absolute Gasteiger partial charge is 0.394 e. The monoisotopic (exact) mass is 101 g/mol. The van der Waals surface area contributed by atoms with E-state index in [2.05, 4.69) is 6.08 Å². The molecule has 0 aromatic carbocycles. The lowest BCUT2D eigenvalue weighted by Crippen LogP contribution is -1.84. The van der Waals surface area contributed by atoms with Gasteiger partial charge in [0, 0.05) is 5.75 Å². The third kappa shape index (κ3) is 0.684. The van der Waals surface area contributed by atoms with Gasteiger partial charge in [0.15, 0.2) is 0 Å². The first-order chi connectivity index (χ1) is 2.89. The number of thioether (sulfide) groups is 1. The Labute approximate surface area is 41.6 Å². The van der Waals surface area contributed by atoms with Crippen molar-refractivity contribution in [2.75, 3.05) is 5.75 Å². The highest BCUT2D eigenvalue weighted by Gasteiger charge is 1.96. The molecule has 6 heavy (non-hydrogen) atoms. The number of hydrogen-bond acceptors (Lipinski definition) is 2. The van der Waals surface area contributed by atoms with Crippen LogP contribution in [0.2, 0.25) is 0 Å². The predicted molar refractivity (Wildman–Crippen MR) is 29.3 cm³/mol. The minimum absolute atomic E-state index is 0.995. The SMILES string of the molecule is NC1=CCCS1. The zero-order valence-corrected chi connectivity index (χ0v) is 4.29. The average molecular weight is 101 g/mol. The fraction of sp³-hybridized carbons (Fsp3) is 0.500. The van der Waals surface area contributed by atoms with Gasteiger partial charge in [-0.25, -0.2) is 0 Å². The van der Waals surface area contributed by atoms with Crippen molar-refractivity contribution in [2.45, 2.75) is 6.42 Å². The normalized spacial score (nSPS) is 21.0. The Balaban J connectivity index is 2.45. The van der Waals surface area contributed by atoms with Gasteiger partial charge in [-0.1, -0.05) is 6.08 Å². The Morgan fingerprint density at radius 1 is 1.83 bits per heavy atom. The predicted octanol–water partition coefficient (Wildman–Crippen LogP) is 0.923. The van der Waals surface area contributed by atoms with Gasteiger partial charge in [-0.05, 0) is 6.42 Å². The van der Waals surface area contributed by atoms with Crippen LogP contribution in [0, 0.1) is 0 Å². The van der Waals surface area contributed by atoms with Crippen LogP contribution < -0.4 is 5.73 Å².